The summed E-state index contributed by atoms with van der Waals surface area (Å²) in [5, 5.41) is 0. The summed E-state index contributed by atoms with van der Waals surface area (Å²) in [5.41, 5.74) is 13.1. The molecular weight excluding hydrogens is 344 g/mol. The molecular formula is C25H26N2O. The third-order valence-corrected chi connectivity index (χ3v) is 5.62. The van der Waals surface area contributed by atoms with Gasteiger partial charge in [-0.2, -0.15) is 0 Å². The Kier molecular flexibility index (Phi) is 4.38. The molecule has 0 radical (unpaired) electrons. The molecule has 4 rings (SSSR count). The van der Waals surface area contributed by atoms with Crippen LogP contribution < -0.4 is 15.4 Å². The number of nitrogens with zero attached hydrogens (tertiary/aromatic N) is 1. The number of nitrogens with two attached hydrogens (primary N) is 1. The Morgan fingerprint density at radius 2 is 1.36 bits per heavy atom. The van der Waals surface area contributed by atoms with Crippen molar-refractivity contribution >= 4 is 11.4 Å². The normalized spacial score (nSPS) is 18.4. The minimum atomic E-state index is -0.753. The first-order valence-electron chi connectivity index (χ1n) is 9.54. The number of ether oxygens (including phenoxy) is 1. The van der Waals surface area contributed by atoms with Crippen LogP contribution in [0.1, 0.15) is 29.2 Å². The quantitative estimate of drug-likeness (QED) is 0.698. The van der Waals surface area contributed by atoms with E-state index in [-0.39, 0.29) is 0 Å². The number of hydrogen-bond donors (Lipinski definition) is 1. The van der Waals surface area contributed by atoms with Crippen LogP contribution in [-0.2, 0) is 5.60 Å². The van der Waals surface area contributed by atoms with Gasteiger partial charge in [0.15, 0.2) is 5.60 Å². The monoisotopic (exact) mass is 370 g/mol. The standard InChI is InChI=1S/C25H26N2O/c1-17-9-11-19(12-10-17)25(20-13-15-21(16-14-20)27(3)4)18(2)24(26)22-7-5-6-8-23(22)28-25/h5-16H,26H2,1-4H3. The molecule has 0 spiro atoms. The molecule has 1 atom stereocenters. The highest BCUT2D eigenvalue weighted by Gasteiger charge is 2.43. The number of fused-ring (bicyclic) bond motifs is 1. The van der Waals surface area contributed by atoms with E-state index in [1.807, 2.05) is 38.4 Å². The maximum atomic E-state index is 6.76. The molecule has 0 saturated carbocycles. The number of rotatable bonds is 3. The van der Waals surface area contributed by atoms with E-state index in [0.717, 1.165) is 39.4 Å². The third-order valence-electron chi connectivity index (χ3n) is 5.62. The Bertz CT molecular complexity index is 1030. The lowest BCUT2D eigenvalue weighted by molar-refractivity contribution is 0.146. The minimum absolute atomic E-state index is 0.753. The smallest absolute Gasteiger partial charge is 0.182 e. The van der Waals surface area contributed by atoms with E-state index >= 15 is 0 Å². The van der Waals surface area contributed by atoms with Crippen molar-refractivity contribution in [1.82, 2.24) is 0 Å². The van der Waals surface area contributed by atoms with Crippen molar-refractivity contribution in [3.8, 4) is 5.75 Å². The highest BCUT2D eigenvalue weighted by Crippen LogP contribution is 2.48. The third kappa shape index (κ3) is 2.75. The van der Waals surface area contributed by atoms with Gasteiger partial charge < -0.3 is 15.4 Å². The molecule has 1 heterocycles. The van der Waals surface area contributed by atoms with Gasteiger partial charge in [-0.05, 0) is 38.1 Å². The van der Waals surface area contributed by atoms with Crippen molar-refractivity contribution in [3.05, 3.63) is 101 Å². The van der Waals surface area contributed by atoms with Crippen LogP contribution in [0.5, 0.6) is 5.75 Å². The van der Waals surface area contributed by atoms with Crippen LogP contribution in [0.25, 0.3) is 5.70 Å². The molecule has 0 fully saturated rings. The minimum Gasteiger partial charge on any atom is -0.473 e. The SMILES string of the molecule is CC1=C(N)c2ccccc2OC1(c1ccc(C)cc1)c1ccc(N(C)C)cc1. The summed E-state index contributed by atoms with van der Waals surface area (Å²) in [6.45, 7) is 4.17. The van der Waals surface area contributed by atoms with Crippen LogP contribution in [0.15, 0.2) is 78.4 Å². The van der Waals surface area contributed by atoms with Crippen molar-refractivity contribution in [2.45, 2.75) is 19.4 Å². The molecule has 3 aromatic rings. The predicted molar refractivity (Wildman–Crippen MR) is 117 cm³/mol. The van der Waals surface area contributed by atoms with E-state index in [1.54, 1.807) is 0 Å². The lowest BCUT2D eigenvalue weighted by Gasteiger charge is -2.41. The maximum Gasteiger partial charge on any atom is 0.182 e. The zero-order valence-corrected chi connectivity index (χ0v) is 16.9. The van der Waals surface area contributed by atoms with E-state index in [0.29, 0.717) is 0 Å². The molecule has 0 amide bonds. The molecule has 0 aliphatic carbocycles. The summed E-state index contributed by atoms with van der Waals surface area (Å²) in [6.07, 6.45) is 0. The van der Waals surface area contributed by atoms with E-state index in [9.17, 15) is 0 Å². The van der Waals surface area contributed by atoms with Crippen molar-refractivity contribution in [3.63, 3.8) is 0 Å². The lowest BCUT2D eigenvalue weighted by Crippen LogP contribution is -2.40. The number of anilines is 1. The van der Waals surface area contributed by atoms with Crippen molar-refractivity contribution in [2.24, 2.45) is 5.73 Å². The number of para-hydroxylation sites is 1. The Balaban J connectivity index is 1.98. The molecule has 3 nitrogen and oxygen atoms in total. The highest BCUT2D eigenvalue weighted by atomic mass is 16.5. The Morgan fingerprint density at radius 1 is 0.786 bits per heavy atom. The molecule has 2 N–H and O–H groups in total. The van der Waals surface area contributed by atoms with E-state index in [4.69, 9.17) is 10.5 Å². The Labute approximate surface area is 167 Å². The van der Waals surface area contributed by atoms with Gasteiger partial charge in [0.05, 0.1) is 0 Å². The summed E-state index contributed by atoms with van der Waals surface area (Å²) >= 11 is 0. The fourth-order valence-electron chi connectivity index (χ4n) is 3.91. The van der Waals surface area contributed by atoms with E-state index in [1.165, 1.54) is 5.56 Å². The molecule has 28 heavy (non-hydrogen) atoms. The first-order valence-corrected chi connectivity index (χ1v) is 9.54. The van der Waals surface area contributed by atoms with Crippen LogP contribution in [0.4, 0.5) is 5.69 Å². The average Bonchev–Trinajstić information content (AvgIpc) is 2.71. The first-order chi connectivity index (χ1) is 13.4. The molecule has 1 aliphatic heterocycles. The summed E-state index contributed by atoms with van der Waals surface area (Å²) in [5.74, 6) is 0.808. The van der Waals surface area contributed by atoms with Gasteiger partial charge >= 0.3 is 0 Å². The van der Waals surface area contributed by atoms with Gasteiger partial charge in [-0.25, -0.2) is 0 Å². The molecule has 3 aromatic carbocycles. The zero-order chi connectivity index (χ0) is 19.9. The summed E-state index contributed by atoms with van der Waals surface area (Å²) < 4.78 is 6.76. The summed E-state index contributed by atoms with van der Waals surface area (Å²) in [4.78, 5) is 2.09. The van der Waals surface area contributed by atoms with Gasteiger partial charge in [-0.1, -0.05) is 54.1 Å². The lowest BCUT2D eigenvalue weighted by atomic mass is 9.77. The van der Waals surface area contributed by atoms with Crippen molar-refractivity contribution in [2.75, 3.05) is 19.0 Å². The fourth-order valence-corrected chi connectivity index (χ4v) is 3.91. The maximum absolute atomic E-state index is 6.76. The highest BCUT2D eigenvalue weighted by molar-refractivity contribution is 5.76. The molecule has 142 valence electrons. The van der Waals surface area contributed by atoms with Crippen LogP contribution in [0.3, 0.4) is 0 Å². The van der Waals surface area contributed by atoms with Crippen LogP contribution in [0, 0.1) is 6.92 Å². The summed E-state index contributed by atoms with van der Waals surface area (Å²) in [6, 6.07) is 25.0. The topological polar surface area (TPSA) is 38.5 Å². The Morgan fingerprint density at radius 3 is 1.96 bits per heavy atom. The van der Waals surface area contributed by atoms with Crippen LogP contribution in [0.2, 0.25) is 0 Å². The van der Waals surface area contributed by atoms with E-state index in [2.05, 4.69) is 67.3 Å². The van der Waals surface area contributed by atoms with Gasteiger partial charge in [-0.3, -0.25) is 0 Å². The van der Waals surface area contributed by atoms with Crippen LogP contribution in [-0.4, -0.2) is 14.1 Å². The van der Waals surface area contributed by atoms with Crippen molar-refractivity contribution < 1.29 is 4.74 Å². The Hall–Kier alpha value is -3.20. The second-order valence-corrected chi connectivity index (χ2v) is 7.63. The molecule has 0 bridgehead atoms. The number of benzene rings is 3. The second kappa shape index (κ2) is 6.75. The van der Waals surface area contributed by atoms with Gasteiger partial charge in [0.2, 0.25) is 0 Å². The molecule has 1 aliphatic rings. The average molecular weight is 370 g/mol. The number of hydrogen-bond acceptors (Lipinski definition) is 3. The number of aryl methyl sites for hydroxylation is 1. The van der Waals surface area contributed by atoms with Gasteiger partial charge in [-0.15, -0.1) is 0 Å². The van der Waals surface area contributed by atoms with Gasteiger partial charge in [0.25, 0.3) is 0 Å². The van der Waals surface area contributed by atoms with Gasteiger partial charge in [0, 0.05) is 47.7 Å². The van der Waals surface area contributed by atoms with Gasteiger partial charge in [0.1, 0.15) is 5.75 Å². The second-order valence-electron chi connectivity index (χ2n) is 7.63. The molecule has 0 aromatic heterocycles. The largest absolute Gasteiger partial charge is 0.473 e. The molecule has 3 heteroatoms. The van der Waals surface area contributed by atoms with Crippen LogP contribution >= 0.6 is 0 Å². The zero-order valence-electron chi connectivity index (χ0n) is 16.9. The fraction of sp³-hybridized carbons (Fsp3) is 0.200. The summed E-state index contributed by atoms with van der Waals surface area (Å²) in [7, 11) is 4.09. The van der Waals surface area contributed by atoms with Crippen molar-refractivity contribution in [1.29, 1.82) is 0 Å². The predicted octanol–water partition coefficient (Wildman–Crippen LogP) is 5.09. The first kappa shape index (κ1) is 18.2. The molecule has 0 saturated heterocycles. The molecule has 1 unspecified atom stereocenters. The van der Waals surface area contributed by atoms with E-state index < -0.39 is 5.60 Å².